The summed E-state index contributed by atoms with van der Waals surface area (Å²) in [6.45, 7) is 0. The lowest BCUT2D eigenvalue weighted by atomic mass is 9.75. The molecule has 88 valence electrons. The minimum atomic E-state index is 0.0637. The molecule has 16 heavy (non-hydrogen) atoms. The third-order valence-electron chi connectivity index (χ3n) is 3.53. The Labute approximate surface area is 97.0 Å². The van der Waals surface area contributed by atoms with Gasteiger partial charge >= 0.3 is 0 Å². The van der Waals surface area contributed by atoms with Gasteiger partial charge in [0.25, 0.3) is 0 Å². The van der Waals surface area contributed by atoms with Crippen LogP contribution in [0.5, 0.6) is 0 Å². The maximum Gasteiger partial charge on any atom is 0.0693 e. The van der Waals surface area contributed by atoms with Gasteiger partial charge in [-0.3, -0.25) is 4.98 Å². The predicted octanol–water partition coefficient (Wildman–Crippen LogP) is 1.91. The highest BCUT2D eigenvalue weighted by molar-refractivity contribution is 5.06. The van der Waals surface area contributed by atoms with Crippen LogP contribution in [0.1, 0.15) is 31.4 Å². The standard InChI is InChI=1S/C13H20N2O/c1-16-13(6-4-7-13)10-11(14)9-12-5-2-3-8-15-12/h2-3,5,8,11H,4,6-7,9-10,14H2,1H3. The van der Waals surface area contributed by atoms with Crippen molar-refractivity contribution in [2.75, 3.05) is 7.11 Å². The van der Waals surface area contributed by atoms with E-state index in [-0.39, 0.29) is 11.6 Å². The van der Waals surface area contributed by atoms with Crippen molar-refractivity contribution < 1.29 is 4.74 Å². The number of nitrogens with zero attached hydrogens (tertiary/aromatic N) is 1. The molecule has 1 aromatic rings. The average Bonchev–Trinajstić information content (AvgIpc) is 2.25. The first-order chi connectivity index (χ1) is 7.74. The van der Waals surface area contributed by atoms with E-state index in [1.54, 1.807) is 7.11 Å². The van der Waals surface area contributed by atoms with E-state index in [4.69, 9.17) is 10.5 Å². The zero-order valence-electron chi connectivity index (χ0n) is 9.86. The molecule has 0 amide bonds. The van der Waals surface area contributed by atoms with E-state index >= 15 is 0 Å². The molecule has 0 radical (unpaired) electrons. The van der Waals surface area contributed by atoms with Crippen molar-refractivity contribution in [2.24, 2.45) is 5.73 Å². The average molecular weight is 220 g/mol. The molecule has 0 saturated heterocycles. The molecule has 1 unspecified atom stereocenters. The lowest BCUT2D eigenvalue weighted by Crippen LogP contribution is -2.45. The highest BCUT2D eigenvalue weighted by Crippen LogP contribution is 2.38. The van der Waals surface area contributed by atoms with Gasteiger partial charge < -0.3 is 10.5 Å². The van der Waals surface area contributed by atoms with Crippen LogP contribution in [0.3, 0.4) is 0 Å². The molecule has 1 fully saturated rings. The number of pyridine rings is 1. The smallest absolute Gasteiger partial charge is 0.0693 e. The zero-order valence-corrected chi connectivity index (χ0v) is 9.86. The van der Waals surface area contributed by atoms with Gasteiger partial charge in [0.15, 0.2) is 0 Å². The molecule has 3 nitrogen and oxygen atoms in total. The second kappa shape index (κ2) is 4.93. The van der Waals surface area contributed by atoms with Crippen molar-refractivity contribution in [1.29, 1.82) is 0 Å². The maximum atomic E-state index is 6.16. The van der Waals surface area contributed by atoms with Gasteiger partial charge in [-0.2, -0.15) is 0 Å². The summed E-state index contributed by atoms with van der Waals surface area (Å²) in [5, 5.41) is 0. The quantitative estimate of drug-likeness (QED) is 0.824. The van der Waals surface area contributed by atoms with Crippen LogP contribution in [0.25, 0.3) is 0 Å². The molecular weight excluding hydrogens is 200 g/mol. The minimum absolute atomic E-state index is 0.0637. The van der Waals surface area contributed by atoms with Crippen LogP contribution in [-0.4, -0.2) is 23.7 Å². The molecule has 1 heterocycles. The first-order valence-corrected chi connectivity index (χ1v) is 5.95. The Hall–Kier alpha value is -0.930. The van der Waals surface area contributed by atoms with Gasteiger partial charge in [0.2, 0.25) is 0 Å². The van der Waals surface area contributed by atoms with E-state index in [2.05, 4.69) is 4.98 Å². The van der Waals surface area contributed by atoms with Crippen LogP contribution < -0.4 is 5.73 Å². The summed E-state index contributed by atoms with van der Waals surface area (Å²) in [4.78, 5) is 4.30. The fourth-order valence-electron chi connectivity index (χ4n) is 2.40. The summed E-state index contributed by atoms with van der Waals surface area (Å²) in [6.07, 6.45) is 7.17. The van der Waals surface area contributed by atoms with Gasteiger partial charge in [-0.25, -0.2) is 0 Å². The van der Waals surface area contributed by atoms with Crippen molar-refractivity contribution in [3.63, 3.8) is 0 Å². The van der Waals surface area contributed by atoms with Gasteiger partial charge in [0.05, 0.1) is 5.60 Å². The lowest BCUT2D eigenvalue weighted by molar-refractivity contribution is -0.0813. The van der Waals surface area contributed by atoms with Crippen LogP contribution in [-0.2, 0) is 11.2 Å². The third kappa shape index (κ3) is 2.60. The molecule has 0 aliphatic heterocycles. The van der Waals surface area contributed by atoms with E-state index in [9.17, 15) is 0 Å². The fourth-order valence-corrected chi connectivity index (χ4v) is 2.40. The minimum Gasteiger partial charge on any atom is -0.378 e. The van der Waals surface area contributed by atoms with Gasteiger partial charge in [-0.05, 0) is 37.8 Å². The Balaban J connectivity index is 1.87. The summed E-state index contributed by atoms with van der Waals surface area (Å²) in [6, 6.07) is 6.11. The summed E-state index contributed by atoms with van der Waals surface area (Å²) in [5.41, 5.74) is 7.29. The van der Waals surface area contributed by atoms with E-state index in [0.29, 0.717) is 0 Å². The Morgan fingerprint density at radius 3 is 2.81 bits per heavy atom. The van der Waals surface area contributed by atoms with Gasteiger partial charge in [0.1, 0.15) is 0 Å². The fraction of sp³-hybridized carbons (Fsp3) is 0.615. The molecule has 2 rings (SSSR count). The van der Waals surface area contributed by atoms with Crippen molar-refractivity contribution >= 4 is 0 Å². The monoisotopic (exact) mass is 220 g/mol. The normalized spacial score (nSPS) is 20.1. The van der Waals surface area contributed by atoms with Gasteiger partial charge in [0, 0.05) is 31.5 Å². The Morgan fingerprint density at radius 1 is 1.50 bits per heavy atom. The number of hydrogen-bond donors (Lipinski definition) is 1. The number of ether oxygens (including phenoxy) is 1. The van der Waals surface area contributed by atoms with Crippen molar-refractivity contribution in [2.45, 2.75) is 43.7 Å². The van der Waals surface area contributed by atoms with Crippen LogP contribution >= 0.6 is 0 Å². The first kappa shape index (κ1) is 11.6. The number of methoxy groups -OCH3 is 1. The first-order valence-electron chi connectivity index (χ1n) is 5.95. The zero-order chi connectivity index (χ0) is 11.4. The van der Waals surface area contributed by atoms with E-state index in [0.717, 1.165) is 31.4 Å². The van der Waals surface area contributed by atoms with Crippen LogP contribution in [0.15, 0.2) is 24.4 Å². The molecule has 1 aliphatic carbocycles. The van der Waals surface area contributed by atoms with Crippen molar-refractivity contribution in [3.05, 3.63) is 30.1 Å². The highest BCUT2D eigenvalue weighted by Gasteiger charge is 2.38. The number of rotatable bonds is 5. The van der Waals surface area contributed by atoms with E-state index in [1.165, 1.54) is 6.42 Å². The highest BCUT2D eigenvalue weighted by atomic mass is 16.5. The van der Waals surface area contributed by atoms with Crippen LogP contribution in [0, 0.1) is 0 Å². The second-order valence-electron chi connectivity index (χ2n) is 4.73. The molecule has 2 N–H and O–H groups in total. The Bertz CT molecular complexity index is 316. The molecule has 1 atom stereocenters. The van der Waals surface area contributed by atoms with E-state index < -0.39 is 0 Å². The summed E-state index contributed by atoms with van der Waals surface area (Å²) >= 11 is 0. The summed E-state index contributed by atoms with van der Waals surface area (Å²) in [5.74, 6) is 0. The molecule has 0 bridgehead atoms. The molecule has 0 aromatic carbocycles. The molecule has 1 aromatic heterocycles. The summed E-state index contributed by atoms with van der Waals surface area (Å²) < 4.78 is 5.58. The molecular formula is C13H20N2O. The maximum absolute atomic E-state index is 6.16. The SMILES string of the molecule is COC1(CC(N)Cc2ccccn2)CCC1. The molecule has 1 saturated carbocycles. The molecule has 0 spiro atoms. The van der Waals surface area contributed by atoms with Crippen molar-refractivity contribution in [1.82, 2.24) is 4.98 Å². The van der Waals surface area contributed by atoms with Crippen molar-refractivity contribution in [3.8, 4) is 0 Å². The van der Waals surface area contributed by atoms with E-state index in [1.807, 2.05) is 24.4 Å². The van der Waals surface area contributed by atoms with Crippen LogP contribution in [0.2, 0.25) is 0 Å². The number of nitrogens with two attached hydrogens (primary N) is 1. The van der Waals surface area contributed by atoms with Crippen LogP contribution in [0.4, 0.5) is 0 Å². The lowest BCUT2D eigenvalue weighted by Gasteiger charge is -2.42. The van der Waals surface area contributed by atoms with Gasteiger partial charge in [-0.1, -0.05) is 6.07 Å². The summed E-state index contributed by atoms with van der Waals surface area (Å²) in [7, 11) is 1.80. The largest absolute Gasteiger partial charge is 0.378 e. The number of aromatic nitrogens is 1. The third-order valence-corrected chi connectivity index (χ3v) is 3.53. The Kier molecular flexibility index (Phi) is 3.56. The number of hydrogen-bond acceptors (Lipinski definition) is 3. The molecule has 1 aliphatic rings. The second-order valence-corrected chi connectivity index (χ2v) is 4.73. The Morgan fingerprint density at radius 2 is 2.31 bits per heavy atom. The topological polar surface area (TPSA) is 48.1 Å². The van der Waals surface area contributed by atoms with Gasteiger partial charge in [-0.15, -0.1) is 0 Å². The predicted molar refractivity (Wildman–Crippen MR) is 64.1 cm³/mol. The molecule has 3 heteroatoms.